The topological polar surface area (TPSA) is 94.0 Å². The first kappa shape index (κ1) is 11.0. The monoisotopic (exact) mass is 262 g/mol. The van der Waals surface area contributed by atoms with Crippen LogP contribution in [0.4, 0.5) is 10.6 Å². The fourth-order valence-corrected chi connectivity index (χ4v) is 3.31. The number of nitrogens with zero attached hydrogens (tertiary/aromatic N) is 3. The number of fused-ring (bicyclic) bond motifs is 3. The number of carbonyl (C=O) groups is 1. The van der Waals surface area contributed by atoms with E-state index in [2.05, 4.69) is 10.1 Å². The number of hydrogen-bond donors (Lipinski definition) is 2. The van der Waals surface area contributed by atoms with Crippen LogP contribution in [0.15, 0.2) is 6.07 Å². The van der Waals surface area contributed by atoms with Crippen LogP contribution in [0.2, 0.25) is 0 Å². The Morgan fingerprint density at radius 2 is 2.22 bits per heavy atom. The Kier molecular flexibility index (Phi) is 2.09. The van der Waals surface area contributed by atoms with Crippen molar-refractivity contribution < 1.29 is 9.90 Å². The van der Waals surface area contributed by atoms with Crippen LogP contribution in [0, 0.1) is 13.8 Å². The smallest absolute Gasteiger partial charge is 0.432 e. The highest BCUT2D eigenvalue weighted by atomic mass is 32.1. The molecule has 0 aliphatic carbocycles. The molecule has 0 aromatic carbocycles. The molecule has 0 radical (unpaired) electrons. The third-order valence-electron chi connectivity index (χ3n) is 2.80. The second-order valence-electron chi connectivity index (χ2n) is 4.12. The van der Waals surface area contributed by atoms with Gasteiger partial charge in [-0.05, 0) is 25.5 Å². The zero-order valence-electron chi connectivity index (χ0n) is 9.76. The molecule has 18 heavy (non-hydrogen) atoms. The van der Waals surface area contributed by atoms with Gasteiger partial charge < -0.3 is 10.8 Å². The van der Waals surface area contributed by atoms with Crippen LogP contribution < -0.4 is 5.73 Å². The molecule has 0 atom stereocenters. The van der Waals surface area contributed by atoms with Crippen LogP contribution in [-0.4, -0.2) is 26.0 Å². The van der Waals surface area contributed by atoms with E-state index in [9.17, 15) is 4.79 Å². The number of anilines is 1. The van der Waals surface area contributed by atoms with Gasteiger partial charge in [0, 0.05) is 11.1 Å². The molecule has 3 N–H and O–H groups in total. The Balaban J connectivity index is 2.59. The van der Waals surface area contributed by atoms with Gasteiger partial charge in [-0.25, -0.2) is 9.78 Å². The van der Waals surface area contributed by atoms with E-state index in [0.29, 0.717) is 10.2 Å². The summed E-state index contributed by atoms with van der Waals surface area (Å²) in [4.78, 5) is 16.4. The van der Waals surface area contributed by atoms with Gasteiger partial charge in [-0.3, -0.25) is 0 Å². The SMILES string of the molecule is Cc1cc(C)c2c(n1)sc1c(N)nn(C(=O)O)c12. The number of nitrogen functional groups attached to an aromatic ring is 1. The number of rotatable bonds is 0. The summed E-state index contributed by atoms with van der Waals surface area (Å²) < 4.78 is 1.60. The van der Waals surface area contributed by atoms with E-state index in [4.69, 9.17) is 10.8 Å². The zero-order chi connectivity index (χ0) is 13.0. The molecule has 0 spiro atoms. The van der Waals surface area contributed by atoms with E-state index >= 15 is 0 Å². The van der Waals surface area contributed by atoms with E-state index in [1.54, 1.807) is 0 Å². The van der Waals surface area contributed by atoms with Crippen molar-refractivity contribution in [3.63, 3.8) is 0 Å². The molecule has 6 nitrogen and oxygen atoms in total. The van der Waals surface area contributed by atoms with Gasteiger partial charge >= 0.3 is 6.09 Å². The maximum Gasteiger partial charge on any atom is 0.432 e. The number of aromatic nitrogens is 3. The third-order valence-corrected chi connectivity index (χ3v) is 3.89. The highest BCUT2D eigenvalue weighted by Crippen LogP contribution is 2.37. The van der Waals surface area contributed by atoms with Crippen LogP contribution in [-0.2, 0) is 0 Å². The second-order valence-corrected chi connectivity index (χ2v) is 5.12. The molecule has 0 amide bonds. The molecule has 3 rings (SSSR count). The van der Waals surface area contributed by atoms with Crippen molar-refractivity contribution in [2.45, 2.75) is 13.8 Å². The van der Waals surface area contributed by atoms with Crippen LogP contribution in [0.5, 0.6) is 0 Å². The molecule has 7 heteroatoms. The Morgan fingerprint density at radius 3 is 2.89 bits per heavy atom. The second kappa shape index (κ2) is 3.42. The summed E-state index contributed by atoms with van der Waals surface area (Å²) in [5, 5.41) is 13.8. The molecule has 0 saturated carbocycles. The van der Waals surface area contributed by atoms with Gasteiger partial charge in [-0.1, -0.05) is 0 Å². The van der Waals surface area contributed by atoms with E-state index in [0.717, 1.165) is 26.2 Å². The van der Waals surface area contributed by atoms with Crippen molar-refractivity contribution in [3.05, 3.63) is 17.3 Å². The molecule has 0 aliphatic rings. The number of nitrogens with two attached hydrogens (primary N) is 1. The molecule has 0 bridgehead atoms. The third kappa shape index (κ3) is 1.31. The summed E-state index contributed by atoms with van der Waals surface area (Å²) >= 11 is 1.37. The quantitative estimate of drug-likeness (QED) is 0.648. The van der Waals surface area contributed by atoms with Crippen molar-refractivity contribution in [1.29, 1.82) is 0 Å². The van der Waals surface area contributed by atoms with Gasteiger partial charge in [-0.2, -0.15) is 4.68 Å². The highest BCUT2D eigenvalue weighted by molar-refractivity contribution is 7.26. The minimum absolute atomic E-state index is 0.229. The summed E-state index contributed by atoms with van der Waals surface area (Å²) in [7, 11) is 0. The lowest BCUT2D eigenvalue weighted by atomic mass is 10.1. The van der Waals surface area contributed by atoms with E-state index in [-0.39, 0.29) is 5.82 Å². The maximum absolute atomic E-state index is 11.2. The molecule has 0 unspecified atom stereocenters. The minimum Gasteiger partial charge on any atom is -0.463 e. The summed E-state index contributed by atoms with van der Waals surface area (Å²) in [6, 6.07) is 1.92. The van der Waals surface area contributed by atoms with Crippen molar-refractivity contribution in [2.24, 2.45) is 0 Å². The van der Waals surface area contributed by atoms with Crippen LogP contribution >= 0.6 is 11.3 Å². The lowest BCUT2D eigenvalue weighted by Crippen LogP contribution is -2.10. The molecule has 3 aromatic heterocycles. The van der Waals surface area contributed by atoms with Crippen molar-refractivity contribution in [3.8, 4) is 0 Å². The number of aryl methyl sites for hydroxylation is 2. The average Bonchev–Trinajstić information content (AvgIpc) is 2.76. The van der Waals surface area contributed by atoms with Gasteiger partial charge in [0.2, 0.25) is 0 Å². The summed E-state index contributed by atoms with van der Waals surface area (Å²) in [5.74, 6) is 0.229. The number of carboxylic acid groups (broad SMARTS) is 1. The Labute approximate surface area is 106 Å². The van der Waals surface area contributed by atoms with Crippen molar-refractivity contribution >= 4 is 43.7 Å². The van der Waals surface area contributed by atoms with Gasteiger partial charge in [-0.15, -0.1) is 16.4 Å². The molecule has 0 saturated heterocycles. The summed E-state index contributed by atoms with van der Waals surface area (Å²) in [6.45, 7) is 3.84. The number of hydrogen-bond acceptors (Lipinski definition) is 5. The summed E-state index contributed by atoms with van der Waals surface area (Å²) in [6.07, 6.45) is -1.14. The molecule has 0 fully saturated rings. The Morgan fingerprint density at radius 1 is 1.50 bits per heavy atom. The average molecular weight is 262 g/mol. The number of thiophene rings is 1. The molecule has 92 valence electrons. The first-order valence-electron chi connectivity index (χ1n) is 5.27. The molecule has 3 aromatic rings. The standard InChI is InChI=1S/C11H10N4O2S/c1-4-3-5(2)13-10-6(4)7-8(18-10)9(12)14-15(7)11(16)17/h3H,1-2H3,(H2,12,14)(H,16,17). The van der Waals surface area contributed by atoms with Crippen LogP contribution in [0.3, 0.4) is 0 Å². The van der Waals surface area contributed by atoms with Gasteiger partial charge in [0.05, 0.1) is 4.70 Å². The normalized spacial score (nSPS) is 11.4. The minimum atomic E-state index is -1.14. The molecule has 0 aliphatic heterocycles. The first-order chi connectivity index (χ1) is 8.49. The predicted octanol–water partition coefficient (Wildman–Crippen LogP) is 2.37. The zero-order valence-corrected chi connectivity index (χ0v) is 10.6. The highest BCUT2D eigenvalue weighted by Gasteiger charge is 2.20. The van der Waals surface area contributed by atoms with Gasteiger partial charge in [0.25, 0.3) is 0 Å². The molecule has 3 heterocycles. The lowest BCUT2D eigenvalue weighted by Gasteiger charge is -2.00. The van der Waals surface area contributed by atoms with E-state index in [1.165, 1.54) is 11.3 Å². The maximum atomic E-state index is 11.2. The van der Waals surface area contributed by atoms with Crippen LogP contribution in [0.25, 0.3) is 20.4 Å². The van der Waals surface area contributed by atoms with E-state index in [1.807, 2.05) is 19.9 Å². The van der Waals surface area contributed by atoms with Crippen molar-refractivity contribution in [1.82, 2.24) is 14.8 Å². The van der Waals surface area contributed by atoms with Crippen LogP contribution in [0.1, 0.15) is 11.3 Å². The van der Waals surface area contributed by atoms with Crippen molar-refractivity contribution in [2.75, 3.05) is 5.73 Å². The van der Waals surface area contributed by atoms with Gasteiger partial charge in [0.15, 0.2) is 5.82 Å². The fraction of sp³-hybridized carbons (Fsp3) is 0.182. The van der Waals surface area contributed by atoms with Gasteiger partial charge in [0.1, 0.15) is 10.3 Å². The molecular formula is C11H10N4O2S. The Bertz CT molecular complexity index is 802. The predicted molar refractivity (Wildman–Crippen MR) is 70.2 cm³/mol. The molecular weight excluding hydrogens is 252 g/mol. The lowest BCUT2D eigenvalue weighted by molar-refractivity contribution is 0.194. The largest absolute Gasteiger partial charge is 0.463 e. The first-order valence-corrected chi connectivity index (χ1v) is 6.09. The van der Waals surface area contributed by atoms with E-state index < -0.39 is 6.09 Å². The summed E-state index contributed by atoms with van der Waals surface area (Å²) in [5.41, 5.74) is 8.16. The Hall–Kier alpha value is -2.15. The fourth-order valence-electron chi connectivity index (χ4n) is 2.14. The number of pyridine rings is 1.